The summed E-state index contributed by atoms with van der Waals surface area (Å²) in [6, 6.07) is 5.51. The van der Waals surface area contributed by atoms with Gasteiger partial charge in [-0.3, -0.25) is 0 Å². The zero-order chi connectivity index (χ0) is 12.5. The maximum Gasteiger partial charge on any atom is 0.337 e. The second-order valence-electron chi connectivity index (χ2n) is 4.59. The molecule has 0 bridgehead atoms. The molecule has 0 aliphatic heterocycles. The van der Waals surface area contributed by atoms with Crippen LogP contribution in [0.4, 0.5) is 5.69 Å². The normalized spacial score (nSPS) is 16.6. The van der Waals surface area contributed by atoms with Gasteiger partial charge in [0.1, 0.15) is 0 Å². The van der Waals surface area contributed by atoms with E-state index in [2.05, 4.69) is 11.6 Å². The summed E-state index contributed by atoms with van der Waals surface area (Å²) in [5, 5.41) is 12.4. The number of rotatable bonds is 5. The van der Waals surface area contributed by atoms with Crippen molar-refractivity contribution < 1.29 is 9.90 Å². The van der Waals surface area contributed by atoms with Crippen molar-refractivity contribution in [3.05, 3.63) is 29.3 Å². The van der Waals surface area contributed by atoms with Gasteiger partial charge in [-0.15, -0.1) is 0 Å². The highest BCUT2D eigenvalue weighted by Crippen LogP contribution is 2.47. The van der Waals surface area contributed by atoms with Gasteiger partial charge < -0.3 is 10.4 Å². The predicted octanol–water partition coefficient (Wildman–Crippen LogP) is 3.00. The van der Waals surface area contributed by atoms with Crippen LogP contribution in [0, 0.1) is 6.92 Å². The third kappa shape index (κ3) is 2.75. The van der Waals surface area contributed by atoms with Crippen molar-refractivity contribution in [3.8, 4) is 0 Å². The molecule has 0 unspecified atom stereocenters. The average molecular weight is 251 g/mol. The quantitative estimate of drug-likeness (QED) is 0.844. The fourth-order valence-corrected chi connectivity index (χ4v) is 2.56. The van der Waals surface area contributed by atoms with Gasteiger partial charge in [0.05, 0.1) is 5.56 Å². The smallest absolute Gasteiger partial charge is 0.337 e. The molecule has 0 aromatic heterocycles. The van der Waals surface area contributed by atoms with E-state index in [-0.39, 0.29) is 0 Å². The topological polar surface area (TPSA) is 49.3 Å². The van der Waals surface area contributed by atoms with Crippen molar-refractivity contribution in [2.45, 2.75) is 24.5 Å². The Bertz CT molecular complexity index is 441. The highest BCUT2D eigenvalue weighted by molar-refractivity contribution is 8.00. The Balaban J connectivity index is 2.12. The van der Waals surface area contributed by atoms with Crippen LogP contribution >= 0.6 is 11.8 Å². The SMILES string of the molecule is CSC1(CNc2ccc(C)cc2C(=O)O)CC1. The van der Waals surface area contributed by atoms with Crippen molar-refractivity contribution in [2.75, 3.05) is 18.1 Å². The number of benzene rings is 1. The molecule has 2 rings (SSSR count). The number of thioether (sulfide) groups is 1. The molecule has 0 spiro atoms. The summed E-state index contributed by atoms with van der Waals surface area (Å²) < 4.78 is 0.334. The average Bonchev–Trinajstić information content (AvgIpc) is 3.08. The first-order chi connectivity index (χ1) is 8.06. The van der Waals surface area contributed by atoms with E-state index >= 15 is 0 Å². The lowest BCUT2D eigenvalue weighted by Gasteiger charge is -2.16. The van der Waals surface area contributed by atoms with Crippen molar-refractivity contribution >= 4 is 23.4 Å². The molecular formula is C13H17NO2S. The number of anilines is 1. The summed E-state index contributed by atoms with van der Waals surface area (Å²) in [5.41, 5.74) is 2.06. The molecule has 1 saturated carbocycles. The van der Waals surface area contributed by atoms with E-state index in [4.69, 9.17) is 5.11 Å². The Morgan fingerprint density at radius 3 is 2.76 bits per heavy atom. The molecule has 17 heavy (non-hydrogen) atoms. The van der Waals surface area contributed by atoms with Gasteiger partial charge in [-0.2, -0.15) is 11.8 Å². The number of hydrogen-bond donors (Lipinski definition) is 2. The van der Waals surface area contributed by atoms with Crippen LogP contribution in [0.1, 0.15) is 28.8 Å². The number of aryl methyl sites for hydroxylation is 1. The lowest BCUT2D eigenvalue weighted by molar-refractivity contribution is 0.0698. The first-order valence-electron chi connectivity index (χ1n) is 5.69. The Morgan fingerprint density at radius 2 is 2.24 bits per heavy atom. The minimum atomic E-state index is -0.870. The number of nitrogens with one attached hydrogen (secondary N) is 1. The molecular weight excluding hydrogens is 234 g/mol. The molecule has 1 aromatic rings. The van der Waals surface area contributed by atoms with Crippen LogP contribution in [0.2, 0.25) is 0 Å². The van der Waals surface area contributed by atoms with Gasteiger partial charge >= 0.3 is 5.97 Å². The molecule has 0 atom stereocenters. The van der Waals surface area contributed by atoms with Crippen molar-refractivity contribution in [3.63, 3.8) is 0 Å². The van der Waals surface area contributed by atoms with E-state index in [1.165, 1.54) is 12.8 Å². The zero-order valence-electron chi connectivity index (χ0n) is 10.1. The minimum Gasteiger partial charge on any atom is -0.478 e. The van der Waals surface area contributed by atoms with Gasteiger partial charge in [-0.25, -0.2) is 4.79 Å². The highest BCUT2D eigenvalue weighted by Gasteiger charge is 2.41. The maximum atomic E-state index is 11.1. The standard InChI is InChI=1S/C13H17NO2S/c1-9-3-4-11(10(7-9)12(15)16)14-8-13(17-2)5-6-13/h3-4,7,14H,5-6,8H2,1-2H3,(H,15,16). The van der Waals surface area contributed by atoms with E-state index in [0.717, 1.165) is 17.8 Å². The second kappa shape index (κ2) is 4.61. The maximum absolute atomic E-state index is 11.1. The Labute approximate surface area is 106 Å². The van der Waals surface area contributed by atoms with Crippen LogP contribution in [-0.2, 0) is 0 Å². The van der Waals surface area contributed by atoms with Gasteiger partial charge in [0.25, 0.3) is 0 Å². The molecule has 1 fully saturated rings. The van der Waals surface area contributed by atoms with Crippen molar-refractivity contribution in [1.82, 2.24) is 0 Å². The molecule has 0 heterocycles. The molecule has 1 aliphatic carbocycles. The summed E-state index contributed by atoms with van der Waals surface area (Å²) in [5.74, 6) is -0.870. The Hall–Kier alpha value is -1.16. The molecule has 0 radical (unpaired) electrons. The van der Waals surface area contributed by atoms with E-state index in [0.29, 0.717) is 10.3 Å². The van der Waals surface area contributed by atoms with Crippen LogP contribution in [-0.4, -0.2) is 28.6 Å². The molecule has 0 saturated heterocycles. The van der Waals surface area contributed by atoms with Gasteiger partial charge in [0.15, 0.2) is 0 Å². The van der Waals surface area contributed by atoms with E-state index in [1.807, 2.05) is 30.8 Å². The number of aromatic carboxylic acids is 1. The minimum absolute atomic E-state index is 0.334. The second-order valence-corrected chi connectivity index (χ2v) is 5.87. The summed E-state index contributed by atoms with van der Waals surface area (Å²) in [6.07, 6.45) is 4.55. The van der Waals surface area contributed by atoms with Crippen LogP contribution in [0.15, 0.2) is 18.2 Å². The van der Waals surface area contributed by atoms with Gasteiger partial charge in [-0.05, 0) is 38.2 Å². The number of carbonyl (C=O) groups is 1. The molecule has 1 aromatic carbocycles. The lowest BCUT2D eigenvalue weighted by atomic mass is 10.1. The number of hydrogen-bond acceptors (Lipinski definition) is 3. The largest absolute Gasteiger partial charge is 0.478 e. The fraction of sp³-hybridized carbons (Fsp3) is 0.462. The molecule has 0 amide bonds. The summed E-state index contributed by atoms with van der Waals surface area (Å²) in [4.78, 5) is 11.1. The molecule has 2 N–H and O–H groups in total. The van der Waals surface area contributed by atoms with Gasteiger partial charge in [0, 0.05) is 17.0 Å². The summed E-state index contributed by atoms with van der Waals surface area (Å²) in [7, 11) is 0. The van der Waals surface area contributed by atoms with E-state index < -0.39 is 5.97 Å². The zero-order valence-corrected chi connectivity index (χ0v) is 10.9. The first-order valence-corrected chi connectivity index (χ1v) is 6.92. The van der Waals surface area contributed by atoms with Crippen LogP contribution in [0.3, 0.4) is 0 Å². The monoisotopic (exact) mass is 251 g/mol. The van der Waals surface area contributed by atoms with Crippen LogP contribution < -0.4 is 5.32 Å². The third-order valence-electron chi connectivity index (χ3n) is 3.25. The fourth-order valence-electron chi connectivity index (χ4n) is 1.84. The highest BCUT2D eigenvalue weighted by atomic mass is 32.2. The predicted molar refractivity (Wildman–Crippen MR) is 72.1 cm³/mol. The first kappa shape index (κ1) is 12.3. The Morgan fingerprint density at radius 1 is 1.53 bits per heavy atom. The van der Waals surface area contributed by atoms with Crippen LogP contribution in [0.5, 0.6) is 0 Å². The van der Waals surface area contributed by atoms with Crippen molar-refractivity contribution in [1.29, 1.82) is 0 Å². The number of carboxylic acid groups (broad SMARTS) is 1. The van der Waals surface area contributed by atoms with Crippen molar-refractivity contribution in [2.24, 2.45) is 0 Å². The summed E-state index contributed by atoms with van der Waals surface area (Å²) >= 11 is 1.86. The molecule has 1 aliphatic rings. The van der Waals surface area contributed by atoms with E-state index in [9.17, 15) is 4.79 Å². The Kier molecular flexibility index (Phi) is 3.33. The van der Waals surface area contributed by atoms with Gasteiger partial charge in [-0.1, -0.05) is 11.6 Å². The number of carboxylic acids is 1. The van der Waals surface area contributed by atoms with E-state index in [1.54, 1.807) is 6.07 Å². The summed E-state index contributed by atoms with van der Waals surface area (Å²) in [6.45, 7) is 2.75. The lowest BCUT2D eigenvalue weighted by Crippen LogP contribution is -2.19. The molecule has 3 nitrogen and oxygen atoms in total. The third-order valence-corrected chi connectivity index (χ3v) is 4.67. The molecule has 4 heteroatoms. The molecule has 92 valence electrons. The van der Waals surface area contributed by atoms with Crippen LogP contribution in [0.25, 0.3) is 0 Å². The van der Waals surface area contributed by atoms with Gasteiger partial charge in [0.2, 0.25) is 0 Å².